The fraction of sp³-hybridized carbons (Fsp3) is 0. The Kier molecular flexibility index (Phi) is 8.00. The van der Waals surface area contributed by atoms with E-state index in [9.17, 15) is 0 Å². The van der Waals surface area contributed by atoms with Crippen LogP contribution < -0.4 is 0 Å². The van der Waals surface area contributed by atoms with Gasteiger partial charge in [-0.2, -0.15) is 0 Å². The van der Waals surface area contributed by atoms with Crippen molar-refractivity contribution in [3.8, 4) is 39.7 Å². The molecule has 0 radical (unpaired) electrons. The molecule has 4 heterocycles. The molecule has 0 atom stereocenters. The largest absolute Gasteiger partial charge is 0.309 e. The number of benzene rings is 11. The van der Waals surface area contributed by atoms with Crippen molar-refractivity contribution in [3.63, 3.8) is 0 Å². The van der Waals surface area contributed by atoms with Gasteiger partial charge in [-0.3, -0.25) is 4.57 Å². The maximum atomic E-state index is 5.63. The van der Waals surface area contributed by atoms with Gasteiger partial charge in [0.05, 0.1) is 44.3 Å². The van der Waals surface area contributed by atoms with Gasteiger partial charge in [0.2, 0.25) is 5.95 Å². The summed E-state index contributed by atoms with van der Waals surface area (Å²) < 4.78 is 7.10. The molecule has 0 aliphatic heterocycles. The third-order valence-corrected chi connectivity index (χ3v) is 14.4. The Morgan fingerprint density at radius 2 is 0.754 bits per heavy atom. The van der Waals surface area contributed by atoms with Crippen molar-refractivity contribution in [3.05, 3.63) is 237 Å². The lowest BCUT2D eigenvalue weighted by molar-refractivity contribution is 1.02. The van der Waals surface area contributed by atoms with E-state index in [1.807, 2.05) is 0 Å². The van der Waals surface area contributed by atoms with Gasteiger partial charge >= 0.3 is 0 Å². The molecule has 0 N–H and O–H groups in total. The first-order valence-corrected chi connectivity index (χ1v) is 23.6. The highest BCUT2D eigenvalue weighted by Gasteiger charge is 2.24. The molecule has 0 saturated heterocycles. The number of aromatic nitrogens is 5. The number of hydrogen-bond donors (Lipinski definition) is 0. The third kappa shape index (κ3) is 5.47. The first-order chi connectivity index (χ1) is 34.3. The second-order valence-corrected chi connectivity index (χ2v) is 18.1. The minimum Gasteiger partial charge on any atom is -0.309 e. The molecule has 0 bridgehead atoms. The Bertz CT molecular complexity index is 4600. The number of rotatable bonds is 5. The molecule has 69 heavy (non-hydrogen) atoms. The van der Waals surface area contributed by atoms with Gasteiger partial charge < -0.3 is 9.13 Å². The van der Waals surface area contributed by atoms with Crippen molar-refractivity contribution in [2.75, 3.05) is 0 Å². The van der Waals surface area contributed by atoms with Crippen LogP contribution in [0.4, 0.5) is 0 Å². The Morgan fingerprint density at radius 3 is 1.45 bits per heavy atom. The van der Waals surface area contributed by atoms with Crippen LogP contribution in [-0.2, 0) is 0 Å². The first-order valence-electron chi connectivity index (χ1n) is 23.6. The first kappa shape index (κ1) is 37.9. The summed E-state index contributed by atoms with van der Waals surface area (Å²) in [6.07, 6.45) is 0. The average molecular weight is 878 g/mol. The summed E-state index contributed by atoms with van der Waals surface area (Å²) >= 11 is 0. The molecule has 15 aromatic rings. The molecule has 0 aliphatic rings. The fourth-order valence-electron chi connectivity index (χ4n) is 11.5. The SMILES string of the molecule is c1ccc(-n2c3ccccc3c3cc(-c4nc(-n5c6ccccc6c6cc(-c7cc8c(c9ccccc79)c7ccccc7n8-c7ccccc7)c7ccccc7c65)nc5ccccc45)ccc32)cc1. The Labute approximate surface area is 396 Å². The third-order valence-electron chi connectivity index (χ3n) is 14.4. The van der Waals surface area contributed by atoms with Gasteiger partial charge in [0, 0.05) is 60.0 Å². The van der Waals surface area contributed by atoms with Crippen molar-refractivity contribution in [2.45, 2.75) is 0 Å². The van der Waals surface area contributed by atoms with Crippen LogP contribution in [0.3, 0.4) is 0 Å². The van der Waals surface area contributed by atoms with Crippen LogP contribution in [0, 0.1) is 0 Å². The molecule has 0 fully saturated rings. The lowest BCUT2D eigenvalue weighted by atomic mass is 9.90. The summed E-state index contributed by atoms with van der Waals surface area (Å²) in [4.78, 5) is 11.1. The molecular formula is C64H39N5. The van der Waals surface area contributed by atoms with Crippen LogP contribution in [0.1, 0.15) is 0 Å². The minimum atomic E-state index is 0.638. The molecule has 0 aliphatic carbocycles. The number of hydrogen-bond acceptors (Lipinski definition) is 2. The molecule has 0 spiro atoms. The van der Waals surface area contributed by atoms with Gasteiger partial charge in [-0.15, -0.1) is 0 Å². The second kappa shape index (κ2) is 14.6. The van der Waals surface area contributed by atoms with E-state index >= 15 is 0 Å². The molecule has 15 rings (SSSR count). The van der Waals surface area contributed by atoms with Gasteiger partial charge in [-0.05, 0) is 100 Å². The molecule has 11 aromatic carbocycles. The zero-order valence-electron chi connectivity index (χ0n) is 37.3. The van der Waals surface area contributed by atoms with Gasteiger partial charge in [-0.25, -0.2) is 9.97 Å². The van der Waals surface area contributed by atoms with Crippen LogP contribution in [-0.4, -0.2) is 23.7 Å². The van der Waals surface area contributed by atoms with Crippen molar-refractivity contribution >= 4 is 97.9 Å². The number of fused-ring (bicyclic) bond motifs is 14. The van der Waals surface area contributed by atoms with E-state index < -0.39 is 0 Å². The van der Waals surface area contributed by atoms with Crippen LogP contribution >= 0.6 is 0 Å². The van der Waals surface area contributed by atoms with E-state index in [-0.39, 0.29) is 0 Å². The lowest BCUT2D eigenvalue weighted by Crippen LogP contribution is -2.04. The quantitative estimate of drug-likeness (QED) is 0.173. The maximum Gasteiger partial charge on any atom is 0.235 e. The normalized spacial score (nSPS) is 12.1. The van der Waals surface area contributed by atoms with E-state index in [1.165, 1.54) is 65.4 Å². The highest BCUT2D eigenvalue weighted by molar-refractivity contribution is 6.28. The van der Waals surface area contributed by atoms with Crippen LogP contribution in [0.5, 0.6) is 0 Å². The van der Waals surface area contributed by atoms with Crippen LogP contribution in [0.15, 0.2) is 237 Å². The second-order valence-electron chi connectivity index (χ2n) is 18.1. The average Bonchev–Trinajstić information content (AvgIpc) is 4.06. The van der Waals surface area contributed by atoms with Gasteiger partial charge in [0.1, 0.15) is 0 Å². The highest BCUT2D eigenvalue weighted by Crippen LogP contribution is 2.47. The molecule has 5 heteroatoms. The Morgan fingerprint density at radius 1 is 0.275 bits per heavy atom. The van der Waals surface area contributed by atoms with E-state index in [1.54, 1.807) is 0 Å². The Hall–Kier alpha value is -9.32. The summed E-state index contributed by atoms with van der Waals surface area (Å²) in [6, 6.07) is 85.6. The van der Waals surface area contributed by atoms with Crippen molar-refractivity contribution in [2.24, 2.45) is 0 Å². The zero-order valence-corrected chi connectivity index (χ0v) is 37.3. The molecular weight excluding hydrogens is 839 g/mol. The Balaban J connectivity index is 1.01. The van der Waals surface area contributed by atoms with Crippen LogP contribution in [0.25, 0.3) is 138 Å². The van der Waals surface area contributed by atoms with E-state index in [0.717, 1.165) is 66.2 Å². The molecule has 0 saturated carbocycles. The van der Waals surface area contributed by atoms with E-state index in [4.69, 9.17) is 9.97 Å². The van der Waals surface area contributed by atoms with E-state index in [0.29, 0.717) is 5.95 Å². The summed E-state index contributed by atoms with van der Waals surface area (Å²) in [7, 11) is 0. The van der Waals surface area contributed by atoms with Crippen molar-refractivity contribution in [1.82, 2.24) is 23.7 Å². The number of nitrogens with zero attached hydrogens (tertiary/aromatic N) is 5. The van der Waals surface area contributed by atoms with Gasteiger partial charge in [0.25, 0.3) is 0 Å². The molecule has 320 valence electrons. The summed E-state index contributed by atoms with van der Waals surface area (Å²) in [5.41, 5.74) is 14.3. The lowest BCUT2D eigenvalue weighted by Gasteiger charge is -2.16. The van der Waals surface area contributed by atoms with Gasteiger partial charge in [-0.1, -0.05) is 164 Å². The maximum absolute atomic E-state index is 5.63. The molecule has 5 nitrogen and oxygen atoms in total. The molecule has 4 aromatic heterocycles. The topological polar surface area (TPSA) is 40.6 Å². The number of para-hydroxylation sites is 6. The zero-order chi connectivity index (χ0) is 45.2. The summed E-state index contributed by atoms with van der Waals surface area (Å²) in [5, 5.41) is 13.0. The fourth-order valence-corrected chi connectivity index (χ4v) is 11.5. The van der Waals surface area contributed by atoms with Crippen LogP contribution in [0.2, 0.25) is 0 Å². The molecule has 0 unspecified atom stereocenters. The highest BCUT2D eigenvalue weighted by atomic mass is 15.2. The predicted molar refractivity (Wildman–Crippen MR) is 288 cm³/mol. The van der Waals surface area contributed by atoms with Crippen molar-refractivity contribution < 1.29 is 0 Å². The van der Waals surface area contributed by atoms with Crippen molar-refractivity contribution in [1.29, 1.82) is 0 Å². The summed E-state index contributed by atoms with van der Waals surface area (Å²) in [6.45, 7) is 0. The molecule has 0 amide bonds. The predicted octanol–water partition coefficient (Wildman–Crippen LogP) is 16.6. The standard InChI is InChI=1S/C64H39N5/c1-3-19-41(20-4-1)67-56-32-16-12-25-45(56)53-37-40(35-36-59(53)67)62-49-29-11-15-31-55(49)65-64(66-62)69-57-33-17-13-26-46(57)54-38-51(44-24-8-10-28-48(44)63(54)69)52-39-60-61(47-27-9-7-23-43(47)52)50-30-14-18-34-58(50)68(60)42-21-5-2-6-22-42/h1-39H. The minimum absolute atomic E-state index is 0.638. The van der Waals surface area contributed by atoms with Gasteiger partial charge in [0.15, 0.2) is 0 Å². The van der Waals surface area contributed by atoms with E-state index in [2.05, 4.69) is 250 Å². The smallest absolute Gasteiger partial charge is 0.235 e. The summed E-state index contributed by atoms with van der Waals surface area (Å²) in [5.74, 6) is 0.638. The monoisotopic (exact) mass is 877 g/mol.